The van der Waals surface area contributed by atoms with Crippen LogP contribution < -0.4 is 10.2 Å². The fourth-order valence-corrected chi connectivity index (χ4v) is 5.08. The van der Waals surface area contributed by atoms with E-state index in [-0.39, 0.29) is 22.9 Å². The minimum atomic E-state index is -0.554. The van der Waals surface area contributed by atoms with Crippen molar-refractivity contribution in [2.45, 2.75) is 32.2 Å². The molecule has 2 amide bonds. The van der Waals surface area contributed by atoms with Crippen LogP contribution in [-0.4, -0.2) is 48.0 Å². The number of carbonyl (C=O) groups excluding carboxylic acids is 2. The van der Waals surface area contributed by atoms with Gasteiger partial charge in [-0.2, -0.15) is 5.10 Å². The molecule has 1 atom stereocenters. The Morgan fingerprint density at radius 3 is 2.80 bits per heavy atom. The van der Waals surface area contributed by atoms with Crippen molar-refractivity contribution in [1.82, 2.24) is 29.6 Å². The molecule has 40 heavy (non-hydrogen) atoms. The SMILES string of the molecule is CCc1cnn2ccc(C(=O)Nc3ccc(F)c(-c4cn(C5CCCN(c6ccc(Br)cc6)C5=O)nn4)c3)nc12. The Kier molecular flexibility index (Phi) is 6.84. The fraction of sp³-hybridized carbons (Fsp3) is 0.214. The molecular weight excluding hydrogens is 579 g/mol. The molecule has 2 aromatic carbocycles. The molecule has 0 spiro atoms. The van der Waals surface area contributed by atoms with Crippen LogP contribution in [0.15, 0.2) is 71.6 Å². The van der Waals surface area contributed by atoms with E-state index in [1.165, 1.54) is 22.9 Å². The highest BCUT2D eigenvalue weighted by atomic mass is 79.9. The van der Waals surface area contributed by atoms with Gasteiger partial charge in [0.1, 0.15) is 23.2 Å². The Labute approximate surface area is 237 Å². The average molecular weight is 603 g/mol. The first kappa shape index (κ1) is 25.8. The summed E-state index contributed by atoms with van der Waals surface area (Å²) in [6.45, 7) is 2.60. The summed E-state index contributed by atoms with van der Waals surface area (Å²) in [5, 5.41) is 15.3. The van der Waals surface area contributed by atoms with Crippen LogP contribution in [0.5, 0.6) is 0 Å². The van der Waals surface area contributed by atoms with Gasteiger partial charge in [0.25, 0.3) is 11.8 Å². The molecule has 0 aliphatic carbocycles. The average Bonchev–Trinajstić information content (AvgIpc) is 3.62. The molecular formula is C28H24BrFN8O2. The van der Waals surface area contributed by atoms with Crippen LogP contribution in [0.25, 0.3) is 16.9 Å². The van der Waals surface area contributed by atoms with E-state index in [1.807, 2.05) is 31.2 Å². The lowest BCUT2D eigenvalue weighted by molar-refractivity contribution is -0.123. The van der Waals surface area contributed by atoms with Gasteiger partial charge in [0, 0.05) is 39.7 Å². The van der Waals surface area contributed by atoms with Gasteiger partial charge in [-0.05, 0) is 67.8 Å². The van der Waals surface area contributed by atoms with Crippen molar-refractivity contribution < 1.29 is 14.0 Å². The number of hydrogen-bond acceptors (Lipinski definition) is 6. The van der Waals surface area contributed by atoms with Gasteiger partial charge in [-0.25, -0.2) is 18.6 Å². The third-order valence-corrected chi connectivity index (χ3v) is 7.46. The molecule has 0 saturated carbocycles. The van der Waals surface area contributed by atoms with Crippen molar-refractivity contribution in [1.29, 1.82) is 0 Å². The van der Waals surface area contributed by atoms with Crippen LogP contribution in [0.2, 0.25) is 0 Å². The second-order valence-electron chi connectivity index (χ2n) is 9.46. The van der Waals surface area contributed by atoms with E-state index in [4.69, 9.17) is 0 Å². The number of halogens is 2. The highest BCUT2D eigenvalue weighted by Gasteiger charge is 2.32. The molecule has 3 aromatic heterocycles. The molecule has 1 N–H and O–H groups in total. The summed E-state index contributed by atoms with van der Waals surface area (Å²) < 4.78 is 18.9. The standard InChI is InChI=1S/C28H24BrFN8O2/c1-2-17-15-31-37-13-11-23(33-26(17)37)27(39)32-19-7-10-22(30)21(14-19)24-16-38(35-34-24)25-4-3-12-36(28(25)40)20-8-5-18(29)6-9-20/h5-11,13-16,25H,2-4,12H2,1H3,(H,32,39). The van der Waals surface area contributed by atoms with E-state index in [0.29, 0.717) is 24.3 Å². The van der Waals surface area contributed by atoms with Crippen LogP contribution in [-0.2, 0) is 11.2 Å². The lowest BCUT2D eigenvalue weighted by Crippen LogP contribution is -2.42. The first-order valence-corrected chi connectivity index (χ1v) is 13.6. The first-order valence-electron chi connectivity index (χ1n) is 12.8. The van der Waals surface area contributed by atoms with E-state index in [9.17, 15) is 14.0 Å². The third-order valence-electron chi connectivity index (χ3n) is 6.93. The minimum absolute atomic E-state index is 0.0969. The van der Waals surface area contributed by atoms with E-state index in [1.54, 1.807) is 34.1 Å². The zero-order chi connectivity index (χ0) is 27.8. The molecule has 4 heterocycles. The number of aryl methyl sites for hydroxylation is 1. The van der Waals surface area contributed by atoms with Crippen molar-refractivity contribution in [3.8, 4) is 11.3 Å². The van der Waals surface area contributed by atoms with Crippen molar-refractivity contribution >= 4 is 44.8 Å². The molecule has 10 nitrogen and oxygen atoms in total. The van der Waals surface area contributed by atoms with E-state index < -0.39 is 17.8 Å². The second kappa shape index (κ2) is 10.6. The first-order chi connectivity index (χ1) is 19.4. The number of hydrogen-bond donors (Lipinski definition) is 1. The predicted molar refractivity (Wildman–Crippen MR) is 151 cm³/mol. The van der Waals surface area contributed by atoms with Crippen molar-refractivity contribution in [2.24, 2.45) is 0 Å². The Hall–Kier alpha value is -4.45. The lowest BCUT2D eigenvalue weighted by Gasteiger charge is -2.32. The molecule has 0 radical (unpaired) electrons. The van der Waals surface area contributed by atoms with Crippen molar-refractivity contribution in [3.05, 3.63) is 88.7 Å². The van der Waals surface area contributed by atoms with Gasteiger partial charge >= 0.3 is 0 Å². The van der Waals surface area contributed by atoms with Crippen molar-refractivity contribution in [3.63, 3.8) is 0 Å². The van der Waals surface area contributed by atoms with Crippen LogP contribution in [0.3, 0.4) is 0 Å². The number of anilines is 2. The summed E-state index contributed by atoms with van der Waals surface area (Å²) in [4.78, 5) is 32.5. The number of fused-ring (bicyclic) bond motifs is 1. The fourth-order valence-electron chi connectivity index (χ4n) is 4.82. The topological polar surface area (TPSA) is 110 Å². The highest BCUT2D eigenvalue weighted by Crippen LogP contribution is 2.30. The Morgan fingerprint density at radius 1 is 1.18 bits per heavy atom. The van der Waals surface area contributed by atoms with Crippen LogP contribution >= 0.6 is 15.9 Å². The van der Waals surface area contributed by atoms with Gasteiger partial charge in [-0.15, -0.1) is 5.10 Å². The maximum absolute atomic E-state index is 14.9. The smallest absolute Gasteiger partial charge is 0.274 e. The second-order valence-corrected chi connectivity index (χ2v) is 10.4. The normalized spacial score (nSPS) is 15.5. The van der Waals surface area contributed by atoms with E-state index in [0.717, 1.165) is 28.6 Å². The summed E-state index contributed by atoms with van der Waals surface area (Å²) in [5.74, 6) is -1.06. The van der Waals surface area contributed by atoms with Crippen LogP contribution in [0.1, 0.15) is 41.9 Å². The largest absolute Gasteiger partial charge is 0.321 e. The van der Waals surface area contributed by atoms with Gasteiger partial charge < -0.3 is 10.2 Å². The molecule has 1 unspecified atom stereocenters. The molecule has 202 valence electrons. The van der Waals surface area contributed by atoms with E-state index >= 15 is 0 Å². The summed E-state index contributed by atoms with van der Waals surface area (Å²) >= 11 is 3.42. The Morgan fingerprint density at radius 2 is 2.00 bits per heavy atom. The molecule has 6 rings (SSSR count). The predicted octanol–water partition coefficient (Wildman–Crippen LogP) is 5.07. The summed E-state index contributed by atoms with van der Waals surface area (Å²) in [7, 11) is 0. The number of nitrogens with zero attached hydrogens (tertiary/aromatic N) is 7. The van der Waals surface area contributed by atoms with Crippen molar-refractivity contribution in [2.75, 3.05) is 16.8 Å². The summed E-state index contributed by atoms with van der Waals surface area (Å²) in [5.41, 5.74) is 3.35. The van der Waals surface area contributed by atoms with E-state index in [2.05, 4.69) is 41.6 Å². The maximum atomic E-state index is 14.9. The maximum Gasteiger partial charge on any atom is 0.274 e. The van der Waals surface area contributed by atoms with Crippen LogP contribution in [0.4, 0.5) is 15.8 Å². The molecule has 0 bridgehead atoms. The number of benzene rings is 2. The van der Waals surface area contributed by atoms with Gasteiger partial charge in [0.05, 0.1) is 12.4 Å². The number of nitrogens with one attached hydrogen (secondary N) is 1. The number of carbonyl (C=O) groups is 2. The Bertz CT molecular complexity index is 1730. The third kappa shape index (κ3) is 4.86. The Balaban J connectivity index is 1.22. The molecule has 1 aliphatic heterocycles. The minimum Gasteiger partial charge on any atom is -0.321 e. The van der Waals surface area contributed by atoms with Gasteiger partial charge in [-0.3, -0.25) is 9.59 Å². The number of rotatable bonds is 6. The summed E-state index contributed by atoms with van der Waals surface area (Å²) in [6.07, 6.45) is 7.09. The molecule has 1 saturated heterocycles. The highest BCUT2D eigenvalue weighted by molar-refractivity contribution is 9.10. The number of piperidine rings is 1. The molecule has 1 fully saturated rings. The zero-order valence-corrected chi connectivity index (χ0v) is 23.0. The van der Waals surface area contributed by atoms with Crippen LogP contribution in [0, 0.1) is 5.82 Å². The number of amides is 2. The quantitative estimate of drug-likeness (QED) is 0.290. The molecule has 1 aliphatic rings. The molecule has 5 aromatic rings. The molecule has 12 heteroatoms. The van der Waals surface area contributed by atoms with Gasteiger partial charge in [0.15, 0.2) is 5.65 Å². The number of aromatic nitrogens is 6. The van der Waals surface area contributed by atoms with Gasteiger partial charge in [-0.1, -0.05) is 28.1 Å². The monoisotopic (exact) mass is 602 g/mol. The summed E-state index contributed by atoms with van der Waals surface area (Å²) in [6, 6.07) is 12.8. The zero-order valence-electron chi connectivity index (χ0n) is 21.5. The van der Waals surface area contributed by atoms with Gasteiger partial charge in [0.2, 0.25) is 0 Å². The lowest BCUT2D eigenvalue weighted by atomic mass is 10.0.